The molecule has 0 aliphatic heterocycles. The SMILES string of the molecule is CC(C)(C)OC(=O)NCCc1c[nH]c2ccc(C(Cc3ccccc3)c3nn[nH]n3)cc12. The maximum atomic E-state index is 11.9. The second kappa shape index (κ2) is 9.21. The number of fused-ring (bicyclic) bond motifs is 1. The summed E-state index contributed by atoms with van der Waals surface area (Å²) in [7, 11) is 0. The van der Waals surface area contributed by atoms with Gasteiger partial charge in [0.1, 0.15) is 5.60 Å². The summed E-state index contributed by atoms with van der Waals surface area (Å²) in [6, 6.07) is 16.7. The summed E-state index contributed by atoms with van der Waals surface area (Å²) >= 11 is 0. The monoisotopic (exact) mass is 432 g/mol. The number of tetrazole rings is 1. The van der Waals surface area contributed by atoms with Crippen LogP contribution < -0.4 is 5.32 Å². The second-order valence-corrected chi connectivity index (χ2v) is 8.81. The van der Waals surface area contributed by atoms with Gasteiger partial charge in [-0.15, -0.1) is 10.2 Å². The highest BCUT2D eigenvalue weighted by atomic mass is 16.6. The van der Waals surface area contributed by atoms with Gasteiger partial charge in [-0.25, -0.2) is 4.79 Å². The van der Waals surface area contributed by atoms with Crippen molar-refractivity contribution in [3.63, 3.8) is 0 Å². The molecular weight excluding hydrogens is 404 g/mol. The van der Waals surface area contributed by atoms with E-state index in [0.717, 1.165) is 28.5 Å². The maximum Gasteiger partial charge on any atom is 0.407 e. The first-order valence-corrected chi connectivity index (χ1v) is 10.7. The normalized spacial score (nSPS) is 12.6. The Kier molecular flexibility index (Phi) is 6.20. The van der Waals surface area contributed by atoms with Gasteiger partial charge in [-0.05, 0) is 62.4 Å². The summed E-state index contributed by atoms with van der Waals surface area (Å²) in [5, 5.41) is 18.8. The summed E-state index contributed by atoms with van der Waals surface area (Å²) < 4.78 is 5.31. The number of hydrogen-bond donors (Lipinski definition) is 3. The number of benzene rings is 2. The number of rotatable bonds is 7. The lowest BCUT2D eigenvalue weighted by Gasteiger charge is -2.19. The summed E-state index contributed by atoms with van der Waals surface area (Å²) in [6.07, 6.45) is 3.05. The molecule has 0 saturated carbocycles. The van der Waals surface area contributed by atoms with Gasteiger partial charge >= 0.3 is 6.09 Å². The topological polar surface area (TPSA) is 109 Å². The Morgan fingerprint density at radius 2 is 1.97 bits per heavy atom. The van der Waals surface area contributed by atoms with Gasteiger partial charge in [0.15, 0.2) is 5.82 Å². The average Bonchev–Trinajstić information content (AvgIpc) is 3.42. The lowest BCUT2D eigenvalue weighted by Crippen LogP contribution is -2.33. The zero-order chi connectivity index (χ0) is 22.6. The highest BCUT2D eigenvalue weighted by Crippen LogP contribution is 2.29. The van der Waals surface area contributed by atoms with Crippen LogP contribution in [0.5, 0.6) is 0 Å². The predicted molar refractivity (Wildman–Crippen MR) is 122 cm³/mol. The van der Waals surface area contributed by atoms with Gasteiger partial charge < -0.3 is 15.0 Å². The highest BCUT2D eigenvalue weighted by Gasteiger charge is 2.21. The number of aromatic amines is 2. The molecule has 0 aliphatic carbocycles. The molecule has 0 radical (unpaired) electrons. The Hall–Kier alpha value is -3.68. The van der Waals surface area contributed by atoms with Crippen molar-refractivity contribution in [1.82, 2.24) is 30.9 Å². The predicted octanol–water partition coefficient (Wildman–Crippen LogP) is 4.12. The molecular formula is C24H28N6O2. The summed E-state index contributed by atoms with van der Waals surface area (Å²) in [5.74, 6) is 0.639. The van der Waals surface area contributed by atoms with E-state index in [0.29, 0.717) is 18.8 Å². The molecule has 2 aromatic carbocycles. The molecule has 1 unspecified atom stereocenters. The highest BCUT2D eigenvalue weighted by molar-refractivity contribution is 5.84. The molecule has 2 aromatic heterocycles. The van der Waals surface area contributed by atoms with Crippen LogP contribution in [0.15, 0.2) is 54.7 Å². The second-order valence-electron chi connectivity index (χ2n) is 8.81. The van der Waals surface area contributed by atoms with E-state index < -0.39 is 11.7 Å². The minimum atomic E-state index is -0.511. The maximum absolute atomic E-state index is 11.9. The number of ether oxygens (including phenoxy) is 1. The van der Waals surface area contributed by atoms with Crippen LogP contribution >= 0.6 is 0 Å². The number of nitrogens with zero attached hydrogens (tertiary/aromatic N) is 3. The Morgan fingerprint density at radius 1 is 1.16 bits per heavy atom. The molecule has 8 heteroatoms. The molecule has 1 atom stereocenters. The van der Waals surface area contributed by atoms with Crippen molar-refractivity contribution in [3.05, 3.63) is 77.2 Å². The fourth-order valence-corrected chi connectivity index (χ4v) is 3.76. The van der Waals surface area contributed by atoms with Crippen molar-refractivity contribution in [2.45, 2.75) is 45.1 Å². The Balaban J connectivity index is 1.54. The Bertz CT molecular complexity index is 1160. The number of carbonyl (C=O) groups excluding carboxylic acids is 1. The lowest BCUT2D eigenvalue weighted by atomic mass is 9.90. The van der Waals surface area contributed by atoms with Crippen molar-refractivity contribution in [1.29, 1.82) is 0 Å². The molecule has 4 aromatic rings. The Labute approximate surface area is 186 Å². The Morgan fingerprint density at radius 3 is 2.69 bits per heavy atom. The van der Waals surface area contributed by atoms with E-state index in [-0.39, 0.29) is 5.92 Å². The molecule has 2 heterocycles. The minimum absolute atomic E-state index is 0.0248. The molecule has 0 fully saturated rings. The van der Waals surface area contributed by atoms with Gasteiger partial charge in [0, 0.05) is 23.6 Å². The molecule has 0 saturated heterocycles. The molecule has 1 amide bonds. The third-order valence-corrected chi connectivity index (χ3v) is 5.21. The van der Waals surface area contributed by atoms with Crippen LogP contribution in [0.1, 0.15) is 49.2 Å². The van der Waals surface area contributed by atoms with E-state index in [9.17, 15) is 4.79 Å². The van der Waals surface area contributed by atoms with E-state index in [1.807, 2.05) is 45.2 Å². The van der Waals surface area contributed by atoms with Gasteiger partial charge in [0.05, 0.1) is 5.92 Å². The van der Waals surface area contributed by atoms with Gasteiger partial charge in [-0.1, -0.05) is 41.6 Å². The summed E-state index contributed by atoms with van der Waals surface area (Å²) in [6.45, 7) is 6.04. The van der Waals surface area contributed by atoms with Crippen molar-refractivity contribution < 1.29 is 9.53 Å². The largest absolute Gasteiger partial charge is 0.444 e. The molecule has 8 nitrogen and oxygen atoms in total. The van der Waals surface area contributed by atoms with Crippen molar-refractivity contribution in [2.75, 3.05) is 6.54 Å². The van der Waals surface area contributed by atoms with Gasteiger partial charge in [0.2, 0.25) is 0 Å². The zero-order valence-corrected chi connectivity index (χ0v) is 18.6. The van der Waals surface area contributed by atoms with E-state index in [1.54, 1.807) is 0 Å². The first-order chi connectivity index (χ1) is 15.4. The van der Waals surface area contributed by atoms with Crippen LogP contribution in [0, 0.1) is 0 Å². The fraction of sp³-hybridized carbons (Fsp3) is 0.333. The van der Waals surface area contributed by atoms with E-state index in [1.165, 1.54) is 5.56 Å². The number of nitrogens with one attached hydrogen (secondary N) is 3. The number of amides is 1. The van der Waals surface area contributed by atoms with Crippen LogP contribution in [0.4, 0.5) is 4.79 Å². The molecule has 166 valence electrons. The molecule has 32 heavy (non-hydrogen) atoms. The van der Waals surface area contributed by atoms with Crippen molar-refractivity contribution in [3.8, 4) is 0 Å². The number of alkyl carbamates (subject to hydrolysis) is 1. The first-order valence-electron chi connectivity index (χ1n) is 10.7. The van der Waals surface area contributed by atoms with Crippen LogP contribution in [0.25, 0.3) is 10.9 Å². The fourth-order valence-electron chi connectivity index (χ4n) is 3.76. The van der Waals surface area contributed by atoms with Crippen LogP contribution in [-0.2, 0) is 17.6 Å². The van der Waals surface area contributed by atoms with Crippen LogP contribution in [-0.4, -0.2) is 43.8 Å². The third kappa shape index (κ3) is 5.32. The van der Waals surface area contributed by atoms with Gasteiger partial charge in [-0.3, -0.25) is 0 Å². The van der Waals surface area contributed by atoms with E-state index in [4.69, 9.17) is 4.74 Å². The average molecular weight is 433 g/mol. The van der Waals surface area contributed by atoms with Crippen molar-refractivity contribution >= 4 is 17.0 Å². The number of hydrogen-bond acceptors (Lipinski definition) is 5. The standard InChI is InChI=1S/C24H28N6O2/c1-24(2,3)32-23(31)25-12-11-18-15-26-21-10-9-17(14-19(18)21)20(22-27-29-30-28-22)13-16-7-5-4-6-8-16/h4-10,14-15,20,26H,11-13H2,1-3H3,(H,25,31)(H,27,28,29,30). The molecule has 3 N–H and O–H groups in total. The van der Waals surface area contributed by atoms with Crippen molar-refractivity contribution in [2.24, 2.45) is 0 Å². The first kappa shape index (κ1) is 21.5. The van der Waals surface area contributed by atoms with Crippen LogP contribution in [0.3, 0.4) is 0 Å². The smallest absolute Gasteiger partial charge is 0.407 e. The summed E-state index contributed by atoms with van der Waals surface area (Å²) in [5.41, 5.74) is 3.99. The summed E-state index contributed by atoms with van der Waals surface area (Å²) in [4.78, 5) is 15.3. The van der Waals surface area contributed by atoms with E-state index >= 15 is 0 Å². The third-order valence-electron chi connectivity index (χ3n) is 5.21. The van der Waals surface area contributed by atoms with Gasteiger partial charge in [-0.2, -0.15) is 5.21 Å². The molecule has 0 aliphatic rings. The molecule has 0 spiro atoms. The molecule has 0 bridgehead atoms. The zero-order valence-electron chi connectivity index (χ0n) is 18.6. The lowest BCUT2D eigenvalue weighted by molar-refractivity contribution is 0.0528. The number of carbonyl (C=O) groups is 1. The molecule has 4 rings (SSSR count). The van der Waals surface area contributed by atoms with E-state index in [2.05, 4.69) is 61.3 Å². The van der Waals surface area contributed by atoms with Gasteiger partial charge in [0.25, 0.3) is 0 Å². The number of H-pyrrole nitrogens is 2. The van der Waals surface area contributed by atoms with Crippen LogP contribution in [0.2, 0.25) is 0 Å². The quantitative estimate of drug-likeness (QED) is 0.407. The number of aromatic nitrogens is 5. The minimum Gasteiger partial charge on any atom is -0.444 e.